The molecule has 0 aliphatic heterocycles. The highest BCUT2D eigenvalue weighted by Crippen LogP contribution is 2.18. The van der Waals surface area contributed by atoms with E-state index in [0.717, 1.165) is 0 Å². The molecule has 0 unspecified atom stereocenters. The van der Waals surface area contributed by atoms with Crippen LogP contribution in [0.4, 0.5) is 13.2 Å². The summed E-state index contributed by atoms with van der Waals surface area (Å²) < 4.78 is 35.4. The van der Waals surface area contributed by atoms with Gasteiger partial charge in [0.25, 0.3) is 0 Å². The molecular formula is C9H6F3NO2. The highest BCUT2D eigenvalue weighted by atomic mass is 19.4. The van der Waals surface area contributed by atoms with Gasteiger partial charge in [0.15, 0.2) is 5.78 Å². The first-order valence-electron chi connectivity index (χ1n) is 3.95. The van der Waals surface area contributed by atoms with Crippen molar-refractivity contribution in [1.82, 2.24) is 4.98 Å². The molecule has 6 heteroatoms. The van der Waals surface area contributed by atoms with Gasteiger partial charge in [0.05, 0.1) is 6.42 Å². The minimum atomic E-state index is -4.97. The fourth-order valence-electron chi connectivity index (χ4n) is 0.864. The van der Waals surface area contributed by atoms with Gasteiger partial charge in [-0.1, -0.05) is 6.07 Å². The van der Waals surface area contributed by atoms with Crippen LogP contribution in [0.2, 0.25) is 0 Å². The normalized spacial score (nSPS) is 11.1. The molecule has 0 aromatic carbocycles. The van der Waals surface area contributed by atoms with Gasteiger partial charge in [-0.25, -0.2) is 0 Å². The Hall–Kier alpha value is -1.72. The van der Waals surface area contributed by atoms with Crippen molar-refractivity contribution in [1.29, 1.82) is 0 Å². The van der Waals surface area contributed by atoms with E-state index in [9.17, 15) is 22.8 Å². The minimum absolute atomic E-state index is 0.143. The number of Topliss-reactive ketones (excluding diaryl/α,β-unsaturated/α-hetero) is 2. The SMILES string of the molecule is O=C(CC(=O)C(F)(F)F)c1ccccn1. The van der Waals surface area contributed by atoms with E-state index in [1.54, 1.807) is 0 Å². The lowest BCUT2D eigenvalue weighted by Gasteiger charge is -2.03. The van der Waals surface area contributed by atoms with Gasteiger partial charge in [-0.15, -0.1) is 0 Å². The number of nitrogens with zero attached hydrogens (tertiary/aromatic N) is 1. The van der Waals surface area contributed by atoms with Gasteiger partial charge < -0.3 is 0 Å². The highest BCUT2D eigenvalue weighted by molar-refractivity contribution is 6.08. The van der Waals surface area contributed by atoms with Crippen LogP contribution in [0.5, 0.6) is 0 Å². The molecule has 3 nitrogen and oxygen atoms in total. The van der Waals surface area contributed by atoms with Crippen LogP contribution in [0.25, 0.3) is 0 Å². The van der Waals surface area contributed by atoms with E-state index in [-0.39, 0.29) is 5.69 Å². The second-order valence-electron chi connectivity index (χ2n) is 2.74. The maximum absolute atomic E-state index is 11.8. The van der Waals surface area contributed by atoms with E-state index in [1.165, 1.54) is 24.4 Å². The van der Waals surface area contributed by atoms with E-state index in [2.05, 4.69) is 4.98 Å². The molecule has 0 spiro atoms. The van der Waals surface area contributed by atoms with Crippen molar-refractivity contribution in [3.05, 3.63) is 30.1 Å². The molecule has 1 aromatic heterocycles. The molecule has 1 rings (SSSR count). The number of ketones is 2. The lowest BCUT2D eigenvalue weighted by molar-refractivity contribution is -0.170. The molecular weight excluding hydrogens is 211 g/mol. The molecule has 0 atom stereocenters. The minimum Gasteiger partial charge on any atom is -0.292 e. The second-order valence-corrected chi connectivity index (χ2v) is 2.74. The fraction of sp³-hybridized carbons (Fsp3) is 0.222. The van der Waals surface area contributed by atoms with Crippen LogP contribution in [-0.2, 0) is 4.79 Å². The Morgan fingerprint density at radius 3 is 2.40 bits per heavy atom. The summed E-state index contributed by atoms with van der Waals surface area (Å²) >= 11 is 0. The maximum atomic E-state index is 11.8. The van der Waals surface area contributed by atoms with E-state index in [0.29, 0.717) is 0 Å². The third kappa shape index (κ3) is 3.16. The molecule has 0 saturated carbocycles. The Balaban J connectivity index is 2.70. The van der Waals surface area contributed by atoms with E-state index in [1.807, 2.05) is 0 Å². The average Bonchev–Trinajstić information content (AvgIpc) is 2.17. The number of carbonyl (C=O) groups is 2. The van der Waals surface area contributed by atoms with E-state index >= 15 is 0 Å². The Morgan fingerprint density at radius 2 is 1.93 bits per heavy atom. The van der Waals surface area contributed by atoms with Gasteiger partial charge in [-0.2, -0.15) is 13.2 Å². The van der Waals surface area contributed by atoms with Crippen LogP contribution in [0.1, 0.15) is 16.9 Å². The van der Waals surface area contributed by atoms with Crippen molar-refractivity contribution in [2.75, 3.05) is 0 Å². The van der Waals surface area contributed by atoms with Crippen LogP contribution in [0.15, 0.2) is 24.4 Å². The lowest BCUT2D eigenvalue weighted by atomic mass is 10.1. The maximum Gasteiger partial charge on any atom is 0.450 e. The van der Waals surface area contributed by atoms with Crippen molar-refractivity contribution < 1.29 is 22.8 Å². The Kier molecular flexibility index (Phi) is 3.18. The van der Waals surface area contributed by atoms with Crippen LogP contribution < -0.4 is 0 Å². The summed E-state index contributed by atoms with van der Waals surface area (Å²) in [7, 11) is 0. The van der Waals surface area contributed by atoms with Crippen molar-refractivity contribution in [3.63, 3.8) is 0 Å². The summed E-state index contributed by atoms with van der Waals surface area (Å²) in [5.41, 5.74) is -0.143. The average molecular weight is 217 g/mol. The predicted molar refractivity (Wildman–Crippen MR) is 44.2 cm³/mol. The molecule has 0 amide bonds. The largest absolute Gasteiger partial charge is 0.450 e. The third-order valence-electron chi connectivity index (χ3n) is 1.59. The Labute approximate surface area is 82.9 Å². The number of carbonyl (C=O) groups excluding carboxylic acids is 2. The van der Waals surface area contributed by atoms with Crippen molar-refractivity contribution in [2.24, 2.45) is 0 Å². The second kappa shape index (κ2) is 4.20. The molecule has 0 N–H and O–H groups in total. The van der Waals surface area contributed by atoms with Crippen molar-refractivity contribution >= 4 is 11.6 Å². The zero-order valence-corrected chi connectivity index (χ0v) is 7.41. The molecule has 0 aliphatic rings. The lowest BCUT2D eigenvalue weighted by Crippen LogP contribution is -2.25. The molecule has 1 heterocycles. The number of hydrogen-bond acceptors (Lipinski definition) is 3. The molecule has 15 heavy (non-hydrogen) atoms. The number of alkyl halides is 3. The number of rotatable bonds is 3. The summed E-state index contributed by atoms with van der Waals surface area (Å²) in [6, 6.07) is 4.23. The Bertz CT molecular complexity index is 373. The zero-order chi connectivity index (χ0) is 11.5. The quantitative estimate of drug-likeness (QED) is 0.572. The van der Waals surface area contributed by atoms with Gasteiger partial charge in [0, 0.05) is 6.20 Å². The monoisotopic (exact) mass is 217 g/mol. The number of pyridine rings is 1. The fourth-order valence-corrected chi connectivity index (χ4v) is 0.864. The topological polar surface area (TPSA) is 47.0 Å². The van der Waals surface area contributed by atoms with Gasteiger partial charge in [-0.05, 0) is 12.1 Å². The molecule has 80 valence electrons. The zero-order valence-electron chi connectivity index (χ0n) is 7.41. The molecule has 0 saturated heterocycles. The number of halogens is 3. The van der Waals surface area contributed by atoms with Crippen LogP contribution in [-0.4, -0.2) is 22.7 Å². The predicted octanol–water partition coefficient (Wildman–Crippen LogP) is 1.79. The van der Waals surface area contributed by atoms with Crippen LogP contribution in [0, 0.1) is 0 Å². The van der Waals surface area contributed by atoms with Gasteiger partial charge in [0.1, 0.15) is 5.69 Å². The molecule has 0 fully saturated rings. The summed E-state index contributed by atoms with van der Waals surface area (Å²) in [6.07, 6.45) is -4.89. The van der Waals surface area contributed by atoms with Crippen LogP contribution >= 0.6 is 0 Å². The Morgan fingerprint density at radius 1 is 1.27 bits per heavy atom. The molecule has 1 aromatic rings. The van der Waals surface area contributed by atoms with Gasteiger partial charge >= 0.3 is 6.18 Å². The van der Waals surface area contributed by atoms with Gasteiger partial charge in [-0.3, -0.25) is 14.6 Å². The number of aromatic nitrogens is 1. The third-order valence-corrected chi connectivity index (χ3v) is 1.59. The summed E-state index contributed by atoms with van der Waals surface area (Å²) in [4.78, 5) is 25.1. The standard InChI is InChI=1S/C9H6F3NO2/c10-9(11,12)8(15)5-7(14)6-3-1-2-4-13-6/h1-4H,5H2. The van der Waals surface area contributed by atoms with Crippen molar-refractivity contribution in [3.8, 4) is 0 Å². The number of hydrogen-bond donors (Lipinski definition) is 0. The van der Waals surface area contributed by atoms with E-state index in [4.69, 9.17) is 0 Å². The van der Waals surface area contributed by atoms with Crippen molar-refractivity contribution in [2.45, 2.75) is 12.6 Å². The first-order valence-corrected chi connectivity index (χ1v) is 3.95. The smallest absolute Gasteiger partial charge is 0.292 e. The summed E-state index contributed by atoms with van der Waals surface area (Å²) in [6.45, 7) is 0. The molecule has 0 bridgehead atoms. The van der Waals surface area contributed by atoms with E-state index < -0.39 is 24.2 Å². The summed E-state index contributed by atoms with van der Waals surface area (Å²) in [5.74, 6) is -2.99. The first-order chi connectivity index (χ1) is 6.91. The highest BCUT2D eigenvalue weighted by Gasteiger charge is 2.39. The molecule has 0 radical (unpaired) electrons. The van der Waals surface area contributed by atoms with Crippen LogP contribution in [0.3, 0.4) is 0 Å². The first kappa shape index (κ1) is 11.4. The van der Waals surface area contributed by atoms with Gasteiger partial charge in [0.2, 0.25) is 5.78 Å². The molecule has 0 aliphatic carbocycles. The summed E-state index contributed by atoms with van der Waals surface area (Å²) in [5, 5.41) is 0.